The highest BCUT2D eigenvalue weighted by atomic mass is 16.5. The number of nitrogens with two attached hydrogens (primary N) is 1. The standard InChI is InChI=1S/C17H28N2O2/c1-12-7-8-14(21-6)13(9-12)11-19(5)16(20)10-15(18)17(2,3)4/h7-9,15H,10-11,18H2,1-6H3. The van der Waals surface area contributed by atoms with Crippen LogP contribution in [-0.4, -0.2) is 31.0 Å². The molecule has 4 heteroatoms. The predicted octanol–water partition coefficient (Wildman–Crippen LogP) is 2.73. The van der Waals surface area contributed by atoms with Gasteiger partial charge in [-0.05, 0) is 18.4 Å². The summed E-state index contributed by atoms with van der Waals surface area (Å²) in [6.45, 7) is 8.71. The molecule has 0 aliphatic carbocycles. The van der Waals surface area contributed by atoms with E-state index in [0.717, 1.165) is 16.9 Å². The van der Waals surface area contributed by atoms with Crippen LogP contribution < -0.4 is 10.5 Å². The Morgan fingerprint density at radius 2 is 2.00 bits per heavy atom. The molecular weight excluding hydrogens is 264 g/mol. The largest absolute Gasteiger partial charge is 0.496 e. The predicted molar refractivity (Wildman–Crippen MR) is 86.3 cm³/mol. The minimum absolute atomic E-state index is 0.0565. The van der Waals surface area contributed by atoms with Crippen LogP contribution >= 0.6 is 0 Å². The summed E-state index contributed by atoms with van der Waals surface area (Å²) in [5.74, 6) is 0.862. The van der Waals surface area contributed by atoms with E-state index in [1.54, 1.807) is 19.1 Å². The fourth-order valence-corrected chi connectivity index (χ4v) is 2.02. The number of amides is 1. The van der Waals surface area contributed by atoms with Gasteiger partial charge in [-0.2, -0.15) is 0 Å². The van der Waals surface area contributed by atoms with Crippen molar-refractivity contribution in [2.75, 3.05) is 14.2 Å². The fourth-order valence-electron chi connectivity index (χ4n) is 2.02. The maximum atomic E-state index is 12.3. The van der Waals surface area contributed by atoms with E-state index < -0.39 is 0 Å². The zero-order chi connectivity index (χ0) is 16.2. The number of ether oxygens (including phenoxy) is 1. The molecule has 2 N–H and O–H groups in total. The number of aryl methyl sites for hydroxylation is 1. The molecule has 118 valence electrons. The van der Waals surface area contributed by atoms with E-state index in [1.165, 1.54) is 0 Å². The first-order valence-electron chi connectivity index (χ1n) is 7.28. The van der Waals surface area contributed by atoms with Crippen LogP contribution in [0.5, 0.6) is 5.75 Å². The highest BCUT2D eigenvalue weighted by molar-refractivity contribution is 5.76. The van der Waals surface area contributed by atoms with Crippen molar-refractivity contribution in [3.8, 4) is 5.75 Å². The zero-order valence-corrected chi connectivity index (χ0v) is 14.1. The number of methoxy groups -OCH3 is 1. The van der Waals surface area contributed by atoms with E-state index in [1.807, 2.05) is 25.1 Å². The van der Waals surface area contributed by atoms with E-state index in [4.69, 9.17) is 10.5 Å². The minimum atomic E-state index is -0.146. The van der Waals surface area contributed by atoms with Crippen molar-refractivity contribution in [2.24, 2.45) is 11.1 Å². The van der Waals surface area contributed by atoms with Crippen molar-refractivity contribution in [1.29, 1.82) is 0 Å². The smallest absolute Gasteiger partial charge is 0.224 e. The van der Waals surface area contributed by atoms with Gasteiger partial charge in [0.05, 0.1) is 7.11 Å². The summed E-state index contributed by atoms with van der Waals surface area (Å²) >= 11 is 0. The van der Waals surface area contributed by atoms with Crippen molar-refractivity contribution in [1.82, 2.24) is 4.90 Å². The quantitative estimate of drug-likeness (QED) is 0.908. The van der Waals surface area contributed by atoms with Crippen LogP contribution in [0.15, 0.2) is 18.2 Å². The molecular formula is C17H28N2O2. The van der Waals surface area contributed by atoms with Crippen molar-refractivity contribution in [3.63, 3.8) is 0 Å². The molecule has 0 saturated heterocycles. The molecule has 0 fully saturated rings. The summed E-state index contributed by atoms with van der Waals surface area (Å²) in [5, 5.41) is 0. The van der Waals surface area contributed by atoms with E-state index in [2.05, 4.69) is 20.8 Å². The van der Waals surface area contributed by atoms with Crippen molar-refractivity contribution >= 4 is 5.91 Å². The van der Waals surface area contributed by atoms with Crippen LogP contribution in [0.1, 0.15) is 38.3 Å². The SMILES string of the molecule is COc1ccc(C)cc1CN(C)C(=O)CC(N)C(C)(C)C. The monoisotopic (exact) mass is 292 g/mol. The molecule has 1 amide bonds. The van der Waals surface area contributed by atoms with Gasteiger partial charge in [0.1, 0.15) is 5.75 Å². The molecule has 0 radical (unpaired) electrons. The van der Waals surface area contributed by atoms with Gasteiger partial charge in [0, 0.05) is 31.6 Å². The number of carbonyl (C=O) groups excluding carboxylic acids is 1. The molecule has 1 atom stereocenters. The molecule has 1 rings (SSSR count). The second-order valence-corrected chi connectivity index (χ2v) is 6.74. The van der Waals surface area contributed by atoms with Gasteiger partial charge in [0.15, 0.2) is 0 Å². The van der Waals surface area contributed by atoms with E-state index in [9.17, 15) is 4.79 Å². The third-order valence-electron chi connectivity index (χ3n) is 3.78. The van der Waals surface area contributed by atoms with Gasteiger partial charge in [-0.1, -0.05) is 38.5 Å². The second-order valence-electron chi connectivity index (χ2n) is 6.74. The van der Waals surface area contributed by atoms with Gasteiger partial charge < -0.3 is 15.4 Å². The summed E-state index contributed by atoms with van der Waals surface area (Å²) in [7, 11) is 3.45. The summed E-state index contributed by atoms with van der Waals surface area (Å²) in [6, 6.07) is 5.84. The Balaban J connectivity index is 2.75. The summed E-state index contributed by atoms with van der Waals surface area (Å²) in [5.41, 5.74) is 8.18. The van der Waals surface area contributed by atoms with Gasteiger partial charge in [-0.3, -0.25) is 4.79 Å². The number of nitrogens with zero attached hydrogens (tertiary/aromatic N) is 1. The lowest BCUT2D eigenvalue weighted by Crippen LogP contribution is -2.40. The molecule has 4 nitrogen and oxygen atoms in total. The lowest BCUT2D eigenvalue weighted by atomic mass is 9.85. The molecule has 0 bridgehead atoms. The Kier molecular flexibility index (Phi) is 5.78. The summed E-state index contributed by atoms with van der Waals surface area (Å²) in [6.07, 6.45) is 0.355. The molecule has 21 heavy (non-hydrogen) atoms. The minimum Gasteiger partial charge on any atom is -0.496 e. The van der Waals surface area contributed by atoms with Crippen molar-refractivity contribution in [3.05, 3.63) is 29.3 Å². The van der Waals surface area contributed by atoms with E-state index in [-0.39, 0.29) is 17.4 Å². The first kappa shape index (κ1) is 17.5. The number of benzene rings is 1. The van der Waals surface area contributed by atoms with Crippen molar-refractivity contribution < 1.29 is 9.53 Å². The maximum absolute atomic E-state index is 12.3. The van der Waals surface area contributed by atoms with Crippen LogP contribution in [0.2, 0.25) is 0 Å². The third kappa shape index (κ3) is 5.05. The van der Waals surface area contributed by atoms with E-state index in [0.29, 0.717) is 13.0 Å². The summed E-state index contributed by atoms with van der Waals surface area (Å²) in [4.78, 5) is 14.0. The Bertz CT molecular complexity index is 492. The Morgan fingerprint density at radius 3 is 2.52 bits per heavy atom. The Morgan fingerprint density at radius 1 is 1.38 bits per heavy atom. The maximum Gasteiger partial charge on any atom is 0.224 e. The molecule has 0 spiro atoms. The third-order valence-corrected chi connectivity index (χ3v) is 3.78. The molecule has 1 aromatic carbocycles. The van der Waals surface area contributed by atoms with Crippen molar-refractivity contribution in [2.45, 2.75) is 46.7 Å². The summed E-state index contributed by atoms with van der Waals surface area (Å²) < 4.78 is 5.35. The first-order chi connectivity index (χ1) is 9.65. The fraction of sp³-hybridized carbons (Fsp3) is 0.588. The molecule has 0 saturated carbocycles. The van der Waals surface area contributed by atoms with Gasteiger partial charge >= 0.3 is 0 Å². The first-order valence-corrected chi connectivity index (χ1v) is 7.28. The highest BCUT2D eigenvalue weighted by Gasteiger charge is 2.24. The average molecular weight is 292 g/mol. The van der Waals surface area contributed by atoms with Crippen LogP contribution in [0, 0.1) is 12.3 Å². The van der Waals surface area contributed by atoms with Gasteiger partial charge in [-0.15, -0.1) is 0 Å². The Labute approximate surface area is 128 Å². The number of hydrogen-bond donors (Lipinski definition) is 1. The van der Waals surface area contributed by atoms with E-state index >= 15 is 0 Å². The van der Waals surface area contributed by atoms with Crippen LogP contribution in [-0.2, 0) is 11.3 Å². The molecule has 1 aromatic rings. The average Bonchev–Trinajstić information content (AvgIpc) is 2.37. The molecule has 0 aliphatic heterocycles. The van der Waals surface area contributed by atoms with Gasteiger partial charge in [0.2, 0.25) is 5.91 Å². The number of rotatable bonds is 5. The molecule has 0 heterocycles. The van der Waals surface area contributed by atoms with Crippen LogP contribution in [0.25, 0.3) is 0 Å². The topological polar surface area (TPSA) is 55.6 Å². The number of hydrogen-bond acceptors (Lipinski definition) is 3. The Hall–Kier alpha value is -1.55. The lowest BCUT2D eigenvalue weighted by Gasteiger charge is -2.28. The van der Waals surface area contributed by atoms with Crippen LogP contribution in [0.4, 0.5) is 0 Å². The molecule has 0 aromatic heterocycles. The van der Waals surface area contributed by atoms with Gasteiger partial charge in [0.25, 0.3) is 0 Å². The zero-order valence-electron chi connectivity index (χ0n) is 14.1. The van der Waals surface area contributed by atoms with Crippen LogP contribution in [0.3, 0.4) is 0 Å². The molecule has 1 unspecified atom stereocenters. The normalized spacial score (nSPS) is 12.9. The van der Waals surface area contributed by atoms with Gasteiger partial charge in [-0.25, -0.2) is 0 Å². The molecule has 0 aliphatic rings. The lowest BCUT2D eigenvalue weighted by molar-refractivity contribution is -0.131. The highest BCUT2D eigenvalue weighted by Crippen LogP contribution is 2.23. The number of carbonyl (C=O) groups is 1. The second kappa shape index (κ2) is 6.94.